The summed E-state index contributed by atoms with van der Waals surface area (Å²) in [6.07, 6.45) is 3.82. The maximum absolute atomic E-state index is 12.9. The first-order chi connectivity index (χ1) is 16.5. The van der Waals surface area contributed by atoms with Crippen LogP contribution in [0.25, 0.3) is 16.9 Å². The average molecular weight is 463 g/mol. The summed E-state index contributed by atoms with van der Waals surface area (Å²) in [5.74, 6) is -0.497. The van der Waals surface area contributed by atoms with Gasteiger partial charge in [0.15, 0.2) is 17.2 Å². The molecule has 0 amide bonds. The molecule has 176 valence electrons. The molecule has 0 saturated carbocycles. The average Bonchev–Trinajstić information content (AvgIpc) is 3.28. The molecule has 0 aliphatic carbocycles. The lowest BCUT2D eigenvalue weighted by molar-refractivity contribution is 0.0549. The summed E-state index contributed by atoms with van der Waals surface area (Å²) >= 11 is 0. The van der Waals surface area contributed by atoms with Gasteiger partial charge in [-0.3, -0.25) is 0 Å². The van der Waals surface area contributed by atoms with Gasteiger partial charge < -0.3 is 18.9 Å². The van der Waals surface area contributed by atoms with Crippen LogP contribution in [-0.4, -0.2) is 49.7 Å². The number of benzene rings is 2. The molecule has 3 aromatic rings. The van der Waals surface area contributed by atoms with Gasteiger partial charge in [0.2, 0.25) is 0 Å². The van der Waals surface area contributed by atoms with E-state index in [0.717, 1.165) is 5.56 Å². The Hall–Kier alpha value is -4.33. The molecule has 0 N–H and O–H groups in total. The van der Waals surface area contributed by atoms with Crippen molar-refractivity contribution in [3.05, 3.63) is 84.6 Å². The number of ether oxygens (including phenoxy) is 4. The van der Waals surface area contributed by atoms with E-state index in [9.17, 15) is 9.59 Å². The summed E-state index contributed by atoms with van der Waals surface area (Å²) < 4.78 is 22.8. The zero-order chi connectivity index (χ0) is 24.7. The topological polar surface area (TPSA) is 88.9 Å². The summed E-state index contributed by atoms with van der Waals surface area (Å²) in [7, 11) is 3.99. The minimum atomic E-state index is -0.729. The fraction of sp³-hybridized carbons (Fsp3) is 0.192. The maximum atomic E-state index is 12.9. The van der Waals surface area contributed by atoms with E-state index in [2.05, 4.69) is 18.3 Å². The number of carbonyl (C=O) groups is 2. The number of esters is 2. The van der Waals surface area contributed by atoms with Crippen LogP contribution in [0.1, 0.15) is 26.4 Å². The predicted octanol–water partition coefficient (Wildman–Crippen LogP) is 4.41. The van der Waals surface area contributed by atoms with Crippen molar-refractivity contribution in [2.75, 3.05) is 27.9 Å². The van der Waals surface area contributed by atoms with Gasteiger partial charge in [-0.1, -0.05) is 36.9 Å². The van der Waals surface area contributed by atoms with E-state index in [4.69, 9.17) is 18.9 Å². The molecular weight excluding hydrogens is 436 g/mol. The highest BCUT2D eigenvalue weighted by Gasteiger charge is 2.32. The van der Waals surface area contributed by atoms with E-state index in [0.29, 0.717) is 29.2 Å². The van der Waals surface area contributed by atoms with Crippen molar-refractivity contribution in [2.45, 2.75) is 6.42 Å². The van der Waals surface area contributed by atoms with Crippen molar-refractivity contribution in [3.8, 4) is 28.4 Å². The Morgan fingerprint density at radius 3 is 2.29 bits per heavy atom. The molecule has 0 spiro atoms. The van der Waals surface area contributed by atoms with E-state index in [-0.39, 0.29) is 23.6 Å². The lowest BCUT2D eigenvalue weighted by atomic mass is 10.00. The minimum Gasteiger partial charge on any atom is -0.493 e. The first-order valence-corrected chi connectivity index (χ1v) is 10.4. The number of hydrogen-bond donors (Lipinski definition) is 0. The second-order valence-corrected chi connectivity index (χ2v) is 7.06. The van der Waals surface area contributed by atoms with Crippen LogP contribution in [0.5, 0.6) is 11.5 Å². The molecule has 1 heterocycles. The Kier molecular flexibility index (Phi) is 7.87. The van der Waals surface area contributed by atoms with Crippen molar-refractivity contribution in [2.24, 2.45) is 0 Å². The SMILES string of the molecule is C=CCOc1c(CC=C)cc(-c2nn(-c3ccccc3)c(C(=O)OC)c2C(=O)OC)cc1OC. The summed E-state index contributed by atoms with van der Waals surface area (Å²) in [5, 5.41) is 4.63. The normalized spacial score (nSPS) is 10.3. The van der Waals surface area contributed by atoms with E-state index >= 15 is 0 Å². The van der Waals surface area contributed by atoms with Crippen LogP contribution >= 0.6 is 0 Å². The third-order valence-electron chi connectivity index (χ3n) is 4.99. The third-order valence-corrected chi connectivity index (χ3v) is 4.99. The number of hydrogen-bond acceptors (Lipinski definition) is 7. The smallest absolute Gasteiger partial charge is 0.357 e. The molecule has 0 aliphatic heterocycles. The van der Waals surface area contributed by atoms with Crippen LogP contribution in [0, 0.1) is 0 Å². The number of methoxy groups -OCH3 is 3. The van der Waals surface area contributed by atoms with Crippen molar-refractivity contribution in [1.82, 2.24) is 9.78 Å². The van der Waals surface area contributed by atoms with Crippen molar-refractivity contribution in [1.29, 1.82) is 0 Å². The van der Waals surface area contributed by atoms with Gasteiger partial charge in [0.1, 0.15) is 17.9 Å². The highest BCUT2D eigenvalue weighted by Crippen LogP contribution is 2.39. The lowest BCUT2D eigenvalue weighted by Crippen LogP contribution is -2.15. The fourth-order valence-electron chi connectivity index (χ4n) is 3.52. The Balaban J connectivity index is 2.36. The molecule has 3 rings (SSSR count). The molecule has 2 aromatic carbocycles. The third kappa shape index (κ3) is 4.71. The second-order valence-electron chi connectivity index (χ2n) is 7.06. The molecule has 0 unspecified atom stereocenters. The Labute approximate surface area is 198 Å². The predicted molar refractivity (Wildman–Crippen MR) is 128 cm³/mol. The van der Waals surface area contributed by atoms with Crippen LogP contribution in [-0.2, 0) is 15.9 Å². The van der Waals surface area contributed by atoms with Gasteiger partial charge in [-0.25, -0.2) is 14.3 Å². The molecule has 0 aliphatic rings. The largest absolute Gasteiger partial charge is 0.493 e. The zero-order valence-electron chi connectivity index (χ0n) is 19.4. The first kappa shape index (κ1) is 24.3. The van der Waals surface area contributed by atoms with Gasteiger partial charge >= 0.3 is 11.9 Å². The molecule has 8 nitrogen and oxygen atoms in total. The van der Waals surface area contributed by atoms with Gasteiger partial charge in [-0.15, -0.1) is 6.58 Å². The molecule has 0 atom stereocenters. The molecule has 0 saturated heterocycles. The second kappa shape index (κ2) is 11.0. The number of nitrogens with zero attached hydrogens (tertiary/aromatic N) is 2. The Morgan fingerprint density at radius 2 is 1.71 bits per heavy atom. The van der Waals surface area contributed by atoms with Crippen LogP contribution in [0.15, 0.2) is 67.8 Å². The standard InChI is InChI=1S/C26H26N2O6/c1-6-11-17-15-18(16-20(31-3)24(17)34-14-7-2)22-21(25(29)32-4)23(26(30)33-5)28(27-22)19-12-9-8-10-13-19/h6-10,12-13,15-16H,1-2,11,14H2,3-5H3. The monoisotopic (exact) mass is 462 g/mol. The molecule has 34 heavy (non-hydrogen) atoms. The van der Waals surface area contributed by atoms with Gasteiger partial charge in [-0.2, -0.15) is 5.10 Å². The summed E-state index contributed by atoms with van der Waals surface area (Å²) in [6.45, 7) is 7.78. The van der Waals surface area contributed by atoms with Crippen LogP contribution in [0.2, 0.25) is 0 Å². The molecular formula is C26H26N2O6. The molecule has 1 aromatic heterocycles. The summed E-state index contributed by atoms with van der Waals surface area (Å²) in [5.41, 5.74) is 2.02. The lowest BCUT2D eigenvalue weighted by Gasteiger charge is -2.15. The van der Waals surface area contributed by atoms with E-state index in [1.165, 1.54) is 26.0 Å². The molecule has 8 heteroatoms. The minimum absolute atomic E-state index is 0.0235. The van der Waals surface area contributed by atoms with Gasteiger partial charge in [0.25, 0.3) is 0 Å². The molecule has 0 bridgehead atoms. The first-order valence-electron chi connectivity index (χ1n) is 10.4. The number of aromatic nitrogens is 2. The van der Waals surface area contributed by atoms with Crippen LogP contribution in [0.4, 0.5) is 0 Å². The van der Waals surface area contributed by atoms with Gasteiger partial charge in [0, 0.05) is 11.1 Å². The van der Waals surface area contributed by atoms with Gasteiger partial charge in [0.05, 0.1) is 27.0 Å². The van der Waals surface area contributed by atoms with E-state index < -0.39 is 11.9 Å². The van der Waals surface area contributed by atoms with Crippen molar-refractivity contribution < 1.29 is 28.5 Å². The zero-order valence-corrected chi connectivity index (χ0v) is 19.4. The number of carbonyl (C=O) groups excluding carboxylic acids is 2. The molecule has 0 fully saturated rings. The fourth-order valence-corrected chi connectivity index (χ4v) is 3.52. The van der Waals surface area contributed by atoms with Crippen molar-refractivity contribution in [3.63, 3.8) is 0 Å². The van der Waals surface area contributed by atoms with E-state index in [1.54, 1.807) is 42.5 Å². The number of para-hydroxylation sites is 1. The quantitative estimate of drug-likeness (QED) is 0.326. The number of rotatable bonds is 10. The number of allylic oxidation sites excluding steroid dienone is 1. The summed E-state index contributed by atoms with van der Waals surface area (Å²) in [6, 6.07) is 12.5. The highest BCUT2D eigenvalue weighted by molar-refractivity contribution is 6.07. The maximum Gasteiger partial charge on any atom is 0.357 e. The van der Waals surface area contributed by atoms with Crippen molar-refractivity contribution >= 4 is 11.9 Å². The van der Waals surface area contributed by atoms with Gasteiger partial charge in [-0.05, 0) is 30.7 Å². The van der Waals surface area contributed by atoms with Crippen LogP contribution in [0.3, 0.4) is 0 Å². The summed E-state index contributed by atoms with van der Waals surface area (Å²) in [4.78, 5) is 25.7. The highest BCUT2D eigenvalue weighted by atomic mass is 16.5. The molecule has 0 radical (unpaired) electrons. The Bertz CT molecular complexity index is 1210. The van der Waals surface area contributed by atoms with E-state index in [1.807, 2.05) is 12.1 Å². The van der Waals surface area contributed by atoms with Crippen LogP contribution < -0.4 is 9.47 Å². The Morgan fingerprint density at radius 1 is 1.00 bits per heavy atom.